The van der Waals surface area contributed by atoms with Crippen LogP contribution in [-0.2, 0) is 24.0 Å². The third kappa shape index (κ3) is 8.73. The van der Waals surface area contributed by atoms with Gasteiger partial charge in [0, 0.05) is 39.7 Å². The largest absolute Gasteiger partial charge is 0.512 e. The average molecular weight is 893 g/mol. The molecule has 4 amide bonds. The number of β-lactam (4-membered cyclic amide) rings is 1. The van der Waals surface area contributed by atoms with Crippen molar-refractivity contribution in [2.75, 3.05) is 17.2 Å². The molecule has 22 nitrogen and oxygen atoms in total. The first kappa shape index (κ1) is 41.9. The molecule has 2 aliphatic rings. The molecule has 7 rings (SSSR count). The van der Waals surface area contributed by atoms with Crippen molar-refractivity contribution in [2.24, 2.45) is 5.16 Å². The molecule has 2 atom stereocenters. The Labute approximate surface area is 355 Å². The standard InChI is InChI=1S/C36H32N10O12S3/c1-36(2,33(54)43-42-28(51)16-4-6-21(48)23(50)10-16)58-44-26(19-14-61-34(37)40-19)29(52)41-27-30(53)45-31(57-35(55)56)17(13-60-32(27)45)12-59-25-11-18(39-24-7-8-38-46(24)25)15-3-5-20(47)22(49)9-15/h3-11,14,27,32,47-50H,12-13H2,1-2H3,(H2,37,40)(H,41,52)(H,42,51)(H,43,54)(H,55,56)/b44-26-/t27-,32-/m1/s1. The number of nitrogens with one attached hydrogen (secondary N) is 3. The van der Waals surface area contributed by atoms with Crippen LogP contribution in [-0.4, -0.2) is 114 Å². The second kappa shape index (κ2) is 16.8. The van der Waals surface area contributed by atoms with Crippen molar-refractivity contribution in [1.82, 2.24) is 40.7 Å². The fourth-order valence-electron chi connectivity index (χ4n) is 5.70. The van der Waals surface area contributed by atoms with Crippen LogP contribution < -0.4 is 21.9 Å². The molecule has 0 unspecified atom stereocenters. The zero-order chi connectivity index (χ0) is 43.7. The second-order valence-corrected chi connectivity index (χ2v) is 16.4. The van der Waals surface area contributed by atoms with Gasteiger partial charge in [0.25, 0.3) is 23.6 Å². The molecule has 0 aliphatic carbocycles. The topological polar surface area (TPSA) is 326 Å². The number of aromatic nitrogens is 4. The van der Waals surface area contributed by atoms with E-state index in [-0.39, 0.29) is 45.3 Å². The molecule has 316 valence electrons. The number of rotatable bonds is 12. The van der Waals surface area contributed by atoms with E-state index in [9.17, 15) is 49.5 Å². The summed E-state index contributed by atoms with van der Waals surface area (Å²) in [6.45, 7) is 2.56. The Balaban J connectivity index is 1.05. The zero-order valence-electron chi connectivity index (χ0n) is 31.4. The summed E-state index contributed by atoms with van der Waals surface area (Å²) in [4.78, 5) is 80.1. The molecule has 25 heteroatoms. The lowest BCUT2D eigenvalue weighted by atomic mass is 10.1. The number of nitrogen functional groups attached to an aromatic ring is 1. The van der Waals surface area contributed by atoms with Crippen LogP contribution in [0.2, 0.25) is 0 Å². The summed E-state index contributed by atoms with van der Waals surface area (Å²) < 4.78 is 6.71. The highest BCUT2D eigenvalue weighted by atomic mass is 32.2. The predicted octanol–water partition coefficient (Wildman–Crippen LogP) is 2.32. The van der Waals surface area contributed by atoms with Crippen LogP contribution in [0.25, 0.3) is 16.9 Å². The van der Waals surface area contributed by atoms with Gasteiger partial charge in [-0.15, -0.1) is 34.9 Å². The lowest BCUT2D eigenvalue weighted by Crippen LogP contribution is -2.70. The van der Waals surface area contributed by atoms with E-state index in [0.717, 1.165) is 28.4 Å². The number of carbonyl (C=O) groups is 5. The molecule has 1 fully saturated rings. The van der Waals surface area contributed by atoms with E-state index >= 15 is 0 Å². The van der Waals surface area contributed by atoms with Crippen molar-refractivity contribution >= 4 is 81.1 Å². The number of fused-ring (bicyclic) bond motifs is 2. The van der Waals surface area contributed by atoms with Gasteiger partial charge >= 0.3 is 6.16 Å². The summed E-state index contributed by atoms with van der Waals surface area (Å²) in [6.07, 6.45) is -0.132. The quantitative estimate of drug-likeness (QED) is 0.0165. The van der Waals surface area contributed by atoms with Gasteiger partial charge in [-0.2, -0.15) is 5.10 Å². The van der Waals surface area contributed by atoms with Gasteiger partial charge < -0.3 is 46.2 Å². The van der Waals surface area contributed by atoms with E-state index in [1.807, 2.05) is 0 Å². The van der Waals surface area contributed by atoms with Crippen LogP contribution in [0.15, 0.2) is 81.7 Å². The number of phenols is 4. The van der Waals surface area contributed by atoms with Gasteiger partial charge in [-0.05, 0) is 56.3 Å². The Bertz CT molecular complexity index is 2680. The predicted molar refractivity (Wildman–Crippen MR) is 217 cm³/mol. The van der Waals surface area contributed by atoms with Gasteiger partial charge in [0.05, 0.1) is 11.9 Å². The van der Waals surface area contributed by atoms with Crippen molar-refractivity contribution in [3.8, 4) is 34.3 Å². The van der Waals surface area contributed by atoms with E-state index in [1.165, 1.54) is 67.1 Å². The fourth-order valence-corrected chi connectivity index (χ4v) is 8.71. The molecule has 0 radical (unpaired) electrons. The summed E-state index contributed by atoms with van der Waals surface area (Å²) in [5, 5.41) is 60.7. The number of ether oxygens (including phenoxy) is 1. The molecule has 2 aromatic carbocycles. The van der Waals surface area contributed by atoms with Crippen molar-refractivity contribution in [3.63, 3.8) is 0 Å². The van der Waals surface area contributed by atoms with Gasteiger partial charge in [-0.25, -0.2) is 19.3 Å². The van der Waals surface area contributed by atoms with Crippen molar-refractivity contribution in [2.45, 2.75) is 35.9 Å². The smallest absolute Gasteiger partial charge is 0.504 e. The number of anilines is 1. The number of carboxylic acid groups (broad SMARTS) is 1. The van der Waals surface area contributed by atoms with Crippen molar-refractivity contribution in [3.05, 3.63) is 82.8 Å². The number of thioether (sulfide) groups is 2. The van der Waals surface area contributed by atoms with E-state index in [1.54, 1.807) is 22.7 Å². The summed E-state index contributed by atoms with van der Waals surface area (Å²) in [5.41, 5.74) is 9.52. The number of nitrogens with two attached hydrogens (primary N) is 1. The van der Waals surface area contributed by atoms with Crippen molar-refractivity contribution in [1.29, 1.82) is 0 Å². The molecular formula is C36H32N10O12S3. The van der Waals surface area contributed by atoms with Crippen LogP contribution in [0, 0.1) is 0 Å². The number of hydrazine groups is 1. The Morgan fingerprint density at radius 3 is 2.43 bits per heavy atom. The van der Waals surface area contributed by atoms with Gasteiger partial charge in [0.1, 0.15) is 22.1 Å². The molecule has 10 N–H and O–H groups in total. The molecule has 0 bridgehead atoms. The number of thiazole rings is 1. The maximum atomic E-state index is 13.8. The normalized spacial score (nSPS) is 16.4. The molecule has 61 heavy (non-hydrogen) atoms. The summed E-state index contributed by atoms with van der Waals surface area (Å²) in [5.74, 6) is -4.96. The maximum Gasteiger partial charge on any atom is 0.512 e. The van der Waals surface area contributed by atoms with Gasteiger partial charge in [0.2, 0.25) is 11.5 Å². The third-order valence-corrected chi connectivity index (χ3v) is 12.0. The Kier molecular flexibility index (Phi) is 11.5. The molecule has 3 aromatic heterocycles. The first-order chi connectivity index (χ1) is 29.0. The minimum absolute atomic E-state index is 0.0570. The fraction of sp³-hybridized carbons (Fsp3) is 0.194. The van der Waals surface area contributed by atoms with E-state index in [2.05, 4.69) is 36.4 Å². The Morgan fingerprint density at radius 1 is 1.00 bits per heavy atom. The molecule has 0 spiro atoms. The minimum Gasteiger partial charge on any atom is -0.504 e. The lowest BCUT2D eigenvalue weighted by molar-refractivity contribution is -0.148. The van der Waals surface area contributed by atoms with Crippen LogP contribution in [0.4, 0.5) is 9.93 Å². The summed E-state index contributed by atoms with van der Waals surface area (Å²) >= 11 is 3.45. The number of aromatic hydroxyl groups is 4. The Morgan fingerprint density at radius 2 is 1.74 bits per heavy atom. The summed E-state index contributed by atoms with van der Waals surface area (Å²) in [7, 11) is 0. The van der Waals surface area contributed by atoms with Gasteiger partial charge in [0.15, 0.2) is 39.5 Å². The monoisotopic (exact) mass is 892 g/mol. The average Bonchev–Trinajstić information content (AvgIpc) is 3.89. The van der Waals surface area contributed by atoms with E-state index in [0.29, 0.717) is 27.5 Å². The number of benzene rings is 2. The number of phenolic OH excluding ortho intramolecular Hbond substituents is 4. The molecule has 2 aliphatic heterocycles. The zero-order valence-corrected chi connectivity index (χ0v) is 33.9. The molecule has 5 aromatic rings. The van der Waals surface area contributed by atoms with Crippen molar-refractivity contribution < 1.29 is 59.1 Å². The van der Waals surface area contributed by atoms with Gasteiger partial charge in [-0.1, -0.05) is 5.16 Å². The van der Waals surface area contributed by atoms with Crippen LogP contribution in [0.5, 0.6) is 23.0 Å². The van der Waals surface area contributed by atoms with E-state index in [4.69, 9.17) is 15.3 Å². The van der Waals surface area contributed by atoms with E-state index < -0.39 is 64.0 Å². The summed E-state index contributed by atoms with van der Waals surface area (Å²) in [6, 6.07) is 9.70. The van der Waals surface area contributed by atoms with Crippen LogP contribution in [0.3, 0.4) is 0 Å². The number of carbonyl (C=O) groups excluding carboxylic acids is 4. The highest BCUT2D eigenvalue weighted by molar-refractivity contribution is 8.01. The number of amides is 4. The third-order valence-electron chi connectivity index (χ3n) is 8.87. The first-order valence-electron chi connectivity index (χ1n) is 17.5. The number of hydrogen-bond acceptors (Lipinski definition) is 19. The number of nitrogens with zero attached hydrogens (tertiary/aromatic N) is 6. The highest BCUT2D eigenvalue weighted by Gasteiger charge is 2.54. The Hall–Kier alpha value is -7.25. The van der Waals surface area contributed by atoms with Crippen LogP contribution in [0.1, 0.15) is 29.9 Å². The highest BCUT2D eigenvalue weighted by Crippen LogP contribution is 2.42. The number of hydrogen-bond donors (Lipinski definition) is 9. The lowest BCUT2D eigenvalue weighted by Gasteiger charge is -2.49. The SMILES string of the molecule is CC(C)(O/N=C(\C(=O)N[C@@H]1C(=O)N2C(OC(=O)O)=C(CSc3cc(-c4ccc(O)c(O)c4)nc4ccnn34)CS[C@H]12)c1csc(N)n1)C(=O)NNC(=O)c1ccc(O)c(O)c1. The minimum atomic E-state index is -1.84. The first-order valence-corrected chi connectivity index (χ1v) is 20.4. The molecule has 1 saturated heterocycles. The molecule has 0 saturated carbocycles. The molecular weight excluding hydrogens is 861 g/mol. The van der Waals surface area contributed by atoms with Gasteiger partial charge in [-0.3, -0.25) is 34.9 Å². The van der Waals surface area contributed by atoms with Crippen LogP contribution >= 0.6 is 34.9 Å². The second-order valence-electron chi connectivity index (χ2n) is 13.4. The molecule has 5 heterocycles. The number of oxime groups is 1. The maximum absolute atomic E-state index is 13.8.